The topological polar surface area (TPSA) is 54.1 Å². The second kappa shape index (κ2) is 3.83. The molecule has 1 aromatic heterocycles. The molecule has 1 aromatic carbocycles. The van der Waals surface area contributed by atoms with Crippen LogP contribution in [-0.4, -0.2) is 10.9 Å². The highest BCUT2D eigenvalue weighted by atomic mass is 16.7. The summed E-state index contributed by atoms with van der Waals surface area (Å²) in [7, 11) is 0. The van der Waals surface area contributed by atoms with Gasteiger partial charge in [0.2, 0.25) is 0 Å². The summed E-state index contributed by atoms with van der Waals surface area (Å²) >= 11 is 0. The number of hydroxylamine groups is 1. The number of carbonyl (C=O) groups excluding carboxylic acids is 1. The Morgan fingerprint density at radius 1 is 1.12 bits per heavy atom. The van der Waals surface area contributed by atoms with Gasteiger partial charge in [-0.05, 0) is 24.3 Å². The van der Waals surface area contributed by atoms with Crippen molar-refractivity contribution in [3.8, 4) is 5.75 Å². The summed E-state index contributed by atoms with van der Waals surface area (Å²) in [4.78, 5) is 19.9. The highest BCUT2D eigenvalue weighted by molar-refractivity contribution is 6.25. The van der Waals surface area contributed by atoms with Crippen molar-refractivity contribution in [2.75, 3.05) is 0 Å². The molecule has 0 radical (unpaired) electrons. The summed E-state index contributed by atoms with van der Waals surface area (Å²) in [6.07, 6.45) is 3.62. The minimum atomic E-state index is -0.238. The van der Waals surface area contributed by atoms with E-state index < -0.39 is 0 Å². The molecule has 0 saturated carbocycles. The average molecular weight is 226 g/mol. The Hall–Kier alpha value is -2.49. The maximum Gasteiger partial charge on any atom is 0.284 e. The van der Waals surface area contributed by atoms with Crippen LogP contribution in [0.1, 0.15) is 11.3 Å². The molecule has 4 nitrogen and oxygen atoms in total. The molecule has 0 aliphatic carbocycles. The molecule has 0 atom stereocenters. The van der Waals surface area contributed by atoms with Crippen LogP contribution in [-0.2, 0) is 4.79 Å². The number of nitrogens with one attached hydrogen (secondary N) is 2. The second-order valence-electron chi connectivity index (χ2n) is 3.71. The van der Waals surface area contributed by atoms with Crippen molar-refractivity contribution < 1.29 is 9.63 Å². The largest absolute Gasteiger partial charge is 0.379 e. The van der Waals surface area contributed by atoms with Crippen molar-refractivity contribution in [2.45, 2.75) is 0 Å². The maximum atomic E-state index is 11.8. The highest BCUT2D eigenvalue weighted by Crippen LogP contribution is 2.30. The first-order valence-electron chi connectivity index (χ1n) is 5.26. The van der Waals surface area contributed by atoms with Crippen LogP contribution in [0.2, 0.25) is 0 Å². The lowest BCUT2D eigenvalue weighted by Gasteiger charge is -2.18. The van der Waals surface area contributed by atoms with Gasteiger partial charge < -0.3 is 9.82 Å². The van der Waals surface area contributed by atoms with E-state index in [0.717, 1.165) is 11.3 Å². The van der Waals surface area contributed by atoms with Gasteiger partial charge in [0.25, 0.3) is 5.91 Å². The van der Waals surface area contributed by atoms with Crippen LogP contribution < -0.4 is 10.3 Å². The summed E-state index contributed by atoms with van der Waals surface area (Å²) in [6.45, 7) is 0. The zero-order chi connectivity index (χ0) is 11.7. The smallest absolute Gasteiger partial charge is 0.284 e. The fourth-order valence-corrected chi connectivity index (χ4v) is 1.79. The lowest BCUT2D eigenvalue weighted by atomic mass is 10.0. The molecular formula is C13H10N2O2. The van der Waals surface area contributed by atoms with E-state index in [1.807, 2.05) is 42.6 Å². The highest BCUT2D eigenvalue weighted by Gasteiger charge is 2.22. The summed E-state index contributed by atoms with van der Waals surface area (Å²) in [5.41, 5.74) is 4.65. The molecular weight excluding hydrogens is 216 g/mol. The molecule has 4 heteroatoms. The third kappa shape index (κ3) is 1.69. The normalized spacial score (nSPS) is 16.2. The van der Waals surface area contributed by atoms with Crippen LogP contribution in [0.5, 0.6) is 5.75 Å². The number of hydrogen-bond acceptors (Lipinski definition) is 2. The molecule has 0 bridgehead atoms. The van der Waals surface area contributed by atoms with Crippen LogP contribution in [0.25, 0.3) is 11.6 Å². The zero-order valence-corrected chi connectivity index (χ0v) is 8.94. The van der Waals surface area contributed by atoms with E-state index in [1.165, 1.54) is 0 Å². The van der Waals surface area contributed by atoms with E-state index in [9.17, 15) is 4.79 Å². The van der Waals surface area contributed by atoms with Crippen LogP contribution in [0, 0.1) is 0 Å². The van der Waals surface area contributed by atoms with Crippen molar-refractivity contribution in [3.05, 3.63) is 53.9 Å². The molecule has 0 spiro atoms. The molecule has 1 aliphatic heterocycles. The Morgan fingerprint density at radius 3 is 2.82 bits per heavy atom. The van der Waals surface area contributed by atoms with E-state index in [4.69, 9.17) is 4.84 Å². The third-order valence-electron chi connectivity index (χ3n) is 2.60. The number of fused-ring (bicyclic) bond motifs is 1. The summed E-state index contributed by atoms with van der Waals surface area (Å²) in [5, 5.41) is 0. The van der Waals surface area contributed by atoms with Crippen molar-refractivity contribution in [1.29, 1.82) is 0 Å². The molecule has 0 saturated heterocycles. The Kier molecular flexibility index (Phi) is 2.19. The van der Waals surface area contributed by atoms with Crippen molar-refractivity contribution >= 4 is 17.6 Å². The Bertz CT molecular complexity index is 585. The number of H-pyrrole nitrogens is 1. The Morgan fingerprint density at radius 2 is 2.00 bits per heavy atom. The van der Waals surface area contributed by atoms with E-state index in [2.05, 4.69) is 10.5 Å². The summed E-state index contributed by atoms with van der Waals surface area (Å²) < 4.78 is 0. The number of amides is 1. The molecule has 0 unspecified atom stereocenters. The molecule has 0 fully saturated rings. The van der Waals surface area contributed by atoms with Crippen molar-refractivity contribution in [2.24, 2.45) is 0 Å². The lowest BCUT2D eigenvalue weighted by Crippen LogP contribution is -2.32. The number of hydrogen-bond donors (Lipinski definition) is 2. The van der Waals surface area contributed by atoms with Gasteiger partial charge in [-0.3, -0.25) is 4.79 Å². The van der Waals surface area contributed by atoms with Gasteiger partial charge in [0, 0.05) is 17.5 Å². The fourth-order valence-electron chi connectivity index (χ4n) is 1.79. The van der Waals surface area contributed by atoms with Gasteiger partial charge in [-0.2, -0.15) is 5.48 Å². The molecule has 2 aromatic rings. The predicted octanol–water partition coefficient (Wildman–Crippen LogP) is 1.98. The predicted molar refractivity (Wildman–Crippen MR) is 63.9 cm³/mol. The average Bonchev–Trinajstić information content (AvgIpc) is 2.86. The molecule has 1 aliphatic rings. The van der Waals surface area contributed by atoms with Crippen molar-refractivity contribution in [1.82, 2.24) is 10.5 Å². The fraction of sp³-hybridized carbons (Fsp3) is 0. The molecule has 1 amide bonds. The van der Waals surface area contributed by atoms with Gasteiger partial charge in [-0.25, -0.2) is 0 Å². The number of rotatable bonds is 1. The minimum absolute atomic E-state index is 0.238. The number of para-hydroxylation sites is 1. The number of aromatic amines is 1. The minimum Gasteiger partial charge on any atom is -0.379 e. The molecule has 2 heterocycles. The van der Waals surface area contributed by atoms with E-state index in [0.29, 0.717) is 11.3 Å². The van der Waals surface area contributed by atoms with Gasteiger partial charge in [-0.15, -0.1) is 0 Å². The van der Waals surface area contributed by atoms with Crippen LogP contribution in [0.3, 0.4) is 0 Å². The monoisotopic (exact) mass is 226 g/mol. The zero-order valence-electron chi connectivity index (χ0n) is 8.94. The summed E-state index contributed by atoms with van der Waals surface area (Å²) in [5.74, 6) is 0.420. The van der Waals surface area contributed by atoms with Crippen molar-refractivity contribution in [3.63, 3.8) is 0 Å². The number of benzene rings is 1. The number of carbonyl (C=O) groups is 1. The number of aromatic nitrogens is 1. The molecule has 17 heavy (non-hydrogen) atoms. The first-order valence-corrected chi connectivity index (χ1v) is 5.26. The quantitative estimate of drug-likeness (QED) is 0.730. The van der Waals surface area contributed by atoms with Crippen LogP contribution in [0.15, 0.2) is 42.6 Å². The molecule has 3 rings (SSSR count). The Balaban J connectivity index is 2.13. The van der Waals surface area contributed by atoms with Crippen LogP contribution in [0.4, 0.5) is 0 Å². The van der Waals surface area contributed by atoms with Crippen LogP contribution >= 0.6 is 0 Å². The second-order valence-corrected chi connectivity index (χ2v) is 3.71. The van der Waals surface area contributed by atoms with Gasteiger partial charge in [0.1, 0.15) is 0 Å². The van der Waals surface area contributed by atoms with E-state index in [1.54, 1.807) is 6.08 Å². The molecule has 2 N–H and O–H groups in total. The maximum absolute atomic E-state index is 11.8. The first kappa shape index (κ1) is 9.72. The van der Waals surface area contributed by atoms with Gasteiger partial charge in [-0.1, -0.05) is 18.2 Å². The molecule has 84 valence electrons. The Labute approximate surface area is 97.9 Å². The SMILES string of the molecule is O=C1NOc2ccccc2C1=Cc1ccc[nH]1. The van der Waals surface area contributed by atoms with Gasteiger partial charge >= 0.3 is 0 Å². The summed E-state index contributed by atoms with van der Waals surface area (Å²) in [6, 6.07) is 11.2. The van der Waals surface area contributed by atoms with E-state index >= 15 is 0 Å². The third-order valence-corrected chi connectivity index (χ3v) is 2.60. The van der Waals surface area contributed by atoms with Gasteiger partial charge in [0.05, 0.1) is 5.57 Å². The van der Waals surface area contributed by atoms with Gasteiger partial charge in [0.15, 0.2) is 5.75 Å². The first-order chi connectivity index (χ1) is 8.34. The lowest BCUT2D eigenvalue weighted by molar-refractivity contribution is -0.122. The van der Waals surface area contributed by atoms with E-state index in [-0.39, 0.29) is 5.91 Å². The standard InChI is InChI=1S/C13H10N2O2/c16-13-11(8-9-4-3-7-14-9)10-5-1-2-6-12(10)17-15-13/h1-8,14H,(H,15,16).